The molecule has 0 atom stereocenters. The summed E-state index contributed by atoms with van der Waals surface area (Å²) in [7, 11) is 0. The van der Waals surface area contributed by atoms with Crippen molar-refractivity contribution in [2.75, 3.05) is 31.6 Å². The number of piperidine rings is 1. The normalized spacial score (nSPS) is 18.6. The van der Waals surface area contributed by atoms with Crippen LogP contribution in [0.15, 0.2) is 36.5 Å². The molecule has 0 unspecified atom stereocenters. The molecule has 2 aliphatic heterocycles. The fourth-order valence-corrected chi connectivity index (χ4v) is 3.58. The van der Waals surface area contributed by atoms with Gasteiger partial charge in [-0.25, -0.2) is 9.97 Å². The van der Waals surface area contributed by atoms with Crippen molar-refractivity contribution in [3.8, 4) is 0 Å². The number of amides is 1. The van der Waals surface area contributed by atoms with Crippen molar-refractivity contribution in [1.29, 1.82) is 0 Å². The molecule has 0 saturated carbocycles. The molecule has 1 aromatic carbocycles. The van der Waals surface area contributed by atoms with Crippen LogP contribution in [-0.4, -0.2) is 52.9 Å². The first kappa shape index (κ1) is 18.2. The molecule has 0 aliphatic carbocycles. The molecule has 1 N–H and O–H groups in total. The second-order valence-corrected chi connectivity index (χ2v) is 7.02. The zero-order chi connectivity index (χ0) is 18.7. The number of anilines is 1. The maximum absolute atomic E-state index is 12.8. The molecule has 0 bridgehead atoms. The average molecular weight is 389 g/mol. The van der Waals surface area contributed by atoms with Crippen LogP contribution in [0.4, 0.5) is 5.95 Å². The number of carbonyl (C=O) groups excluding carboxylic acids is 1. The molecule has 2 saturated heterocycles. The largest absolute Gasteiger partial charge is 0.350 e. The van der Waals surface area contributed by atoms with Gasteiger partial charge in [0, 0.05) is 43.7 Å². The number of aromatic nitrogens is 2. The second kappa shape index (κ2) is 7.80. The number of halogens is 1. The summed E-state index contributed by atoms with van der Waals surface area (Å²) in [6, 6.07) is 9.20. The Morgan fingerprint density at radius 1 is 1.19 bits per heavy atom. The predicted octanol–water partition coefficient (Wildman–Crippen LogP) is 2.72. The summed E-state index contributed by atoms with van der Waals surface area (Å²) in [5.74, 6) is -0.202. The predicted molar refractivity (Wildman–Crippen MR) is 101 cm³/mol. The van der Waals surface area contributed by atoms with Crippen molar-refractivity contribution in [3.63, 3.8) is 0 Å². The van der Waals surface area contributed by atoms with Gasteiger partial charge in [0.15, 0.2) is 5.79 Å². The van der Waals surface area contributed by atoms with Gasteiger partial charge in [-0.3, -0.25) is 4.79 Å². The lowest BCUT2D eigenvalue weighted by Gasteiger charge is -2.37. The van der Waals surface area contributed by atoms with Gasteiger partial charge in [0.1, 0.15) is 5.69 Å². The van der Waals surface area contributed by atoms with Crippen LogP contribution in [0.25, 0.3) is 0 Å². The van der Waals surface area contributed by atoms with Gasteiger partial charge in [-0.15, -0.1) is 0 Å². The summed E-state index contributed by atoms with van der Waals surface area (Å²) in [4.78, 5) is 23.1. The van der Waals surface area contributed by atoms with Gasteiger partial charge in [-0.05, 0) is 17.7 Å². The fraction of sp³-hybridized carbons (Fsp3) is 0.421. The van der Waals surface area contributed by atoms with Crippen molar-refractivity contribution in [3.05, 3.63) is 52.8 Å². The Morgan fingerprint density at radius 2 is 1.93 bits per heavy atom. The highest BCUT2D eigenvalue weighted by Crippen LogP contribution is 2.31. The summed E-state index contributed by atoms with van der Waals surface area (Å²) in [5.41, 5.74) is 1.31. The summed E-state index contributed by atoms with van der Waals surface area (Å²) in [6.45, 7) is 2.91. The number of ether oxygens (including phenoxy) is 2. The summed E-state index contributed by atoms with van der Waals surface area (Å²) in [6.07, 6.45) is 2.95. The first-order valence-electron chi connectivity index (χ1n) is 9.03. The highest BCUT2D eigenvalue weighted by molar-refractivity contribution is 6.31. The molecule has 1 amide bonds. The Labute approximate surface area is 162 Å². The molecule has 27 heavy (non-hydrogen) atoms. The van der Waals surface area contributed by atoms with E-state index < -0.39 is 5.79 Å². The summed E-state index contributed by atoms with van der Waals surface area (Å²) < 4.78 is 11.4. The number of nitrogens with zero attached hydrogens (tertiary/aromatic N) is 3. The maximum atomic E-state index is 12.8. The van der Waals surface area contributed by atoms with Crippen molar-refractivity contribution in [1.82, 2.24) is 14.9 Å². The number of hydrogen-bond acceptors (Lipinski definition) is 6. The second-order valence-electron chi connectivity index (χ2n) is 6.61. The number of benzene rings is 1. The minimum atomic E-state index is -0.496. The van der Waals surface area contributed by atoms with Crippen molar-refractivity contribution in [2.45, 2.75) is 25.2 Å². The van der Waals surface area contributed by atoms with E-state index in [9.17, 15) is 4.79 Å². The van der Waals surface area contributed by atoms with Crippen molar-refractivity contribution in [2.24, 2.45) is 0 Å². The third kappa shape index (κ3) is 4.05. The molecular weight excluding hydrogens is 368 g/mol. The van der Waals surface area contributed by atoms with Crippen LogP contribution in [0.3, 0.4) is 0 Å². The highest BCUT2D eigenvalue weighted by Gasteiger charge is 2.41. The molecule has 2 aromatic rings. The lowest BCUT2D eigenvalue weighted by atomic mass is 10.0. The smallest absolute Gasteiger partial charge is 0.272 e. The van der Waals surface area contributed by atoms with E-state index >= 15 is 0 Å². The van der Waals surface area contributed by atoms with Crippen molar-refractivity contribution >= 4 is 23.5 Å². The first-order valence-corrected chi connectivity index (χ1v) is 9.41. The Morgan fingerprint density at radius 3 is 2.67 bits per heavy atom. The minimum Gasteiger partial charge on any atom is -0.350 e. The van der Waals surface area contributed by atoms with Gasteiger partial charge in [-0.1, -0.05) is 29.8 Å². The zero-order valence-corrected chi connectivity index (χ0v) is 15.6. The Bertz CT molecular complexity index is 816. The zero-order valence-electron chi connectivity index (χ0n) is 14.9. The number of likely N-dealkylation sites (tertiary alicyclic amines) is 1. The number of carbonyl (C=O) groups is 1. The van der Waals surface area contributed by atoms with Crippen LogP contribution in [0, 0.1) is 0 Å². The quantitative estimate of drug-likeness (QED) is 0.867. The van der Waals surface area contributed by atoms with Crippen LogP contribution in [0.1, 0.15) is 28.9 Å². The van der Waals surface area contributed by atoms with Crippen LogP contribution in [0.5, 0.6) is 0 Å². The number of nitrogens with one attached hydrogen (secondary N) is 1. The van der Waals surface area contributed by atoms with E-state index in [4.69, 9.17) is 21.1 Å². The molecule has 8 heteroatoms. The molecule has 1 aromatic heterocycles. The highest BCUT2D eigenvalue weighted by atomic mass is 35.5. The molecule has 0 radical (unpaired) electrons. The van der Waals surface area contributed by atoms with Crippen LogP contribution in [-0.2, 0) is 16.0 Å². The Balaban J connectivity index is 1.38. The lowest BCUT2D eigenvalue weighted by molar-refractivity contribution is -0.181. The van der Waals surface area contributed by atoms with Gasteiger partial charge in [0.2, 0.25) is 5.95 Å². The van der Waals surface area contributed by atoms with Gasteiger partial charge in [0.25, 0.3) is 5.91 Å². The minimum absolute atomic E-state index is 0.106. The molecule has 4 rings (SSSR count). The van der Waals surface area contributed by atoms with Gasteiger partial charge in [-0.2, -0.15) is 0 Å². The SMILES string of the molecule is O=C(c1ccnc(NCc2ccccc2Cl)n1)N1CCC2(CC1)OCCO2. The molecule has 142 valence electrons. The lowest BCUT2D eigenvalue weighted by Crippen LogP contribution is -2.47. The number of rotatable bonds is 4. The van der Waals surface area contributed by atoms with Crippen LogP contribution >= 0.6 is 11.6 Å². The van der Waals surface area contributed by atoms with E-state index in [-0.39, 0.29) is 5.91 Å². The van der Waals surface area contributed by atoms with Gasteiger partial charge in [0.05, 0.1) is 13.2 Å². The van der Waals surface area contributed by atoms with Crippen molar-refractivity contribution < 1.29 is 14.3 Å². The molecule has 3 heterocycles. The van der Waals surface area contributed by atoms with E-state index in [2.05, 4.69) is 15.3 Å². The molecule has 2 fully saturated rings. The topological polar surface area (TPSA) is 76.6 Å². The summed E-state index contributed by atoms with van der Waals surface area (Å²) >= 11 is 6.16. The van der Waals surface area contributed by atoms with E-state index in [0.717, 1.165) is 5.56 Å². The van der Waals surface area contributed by atoms with Gasteiger partial charge < -0.3 is 19.7 Å². The van der Waals surface area contributed by atoms with Crippen LogP contribution < -0.4 is 5.32 Å². The average Bonchev–Trinajstić information content (AvgIpc) is 3.16. The third-order valence-electron chi connectivity index (χ3n) is 4.90. The first-order chi connectivity index (χ1) is 13.2. The monoisotopic (exact) mass is 388 g/mol. The molecule has 1 spiro atoms. The van der Waals surface area contributed by atoms with E-state index in [1.165, 1.54) is 0 Å². The Hall–Kier alpha value is -2.22. The standard InChI is InChI=1S/C19H21ClN4O3/c20-15-4-2-1-3-14(15)13-22-18-21-8-5-16(23-18)17(25)24-9-6-19(7-10-24)26-11-12-27-19/h1-5,8H,6-7,9-13H2,(H,21,22,23). The fourth-order valence-electron chi connectivity index (χ4n) is 3.38. The van der Waals surface area contributed by atoms with E-state index in [0.29, 0.717) is 62.4 Å². The molecule has 2 aliphatic rings. The van der Waals surface area contributed by atoms with E-state index in [1.54, 1.807) is 17.2 Å². The molecule has 7 nitrogen and oxygen atoms in total. The maximum Gasteiger partial charge on any atom is 0.272 e. The molecular formula is C19H21ClN4O3. The van der Waals surface area contributed by atoms with E-state index in [1.807, 2.05) is 24.3 Å². The third-order valence-corrected chi connectivity index (χ3v) is 5.26. The number of hydrogen-bond donors (Lipinski definition) is 1. The van der Waals surface area contributed by atoms with Crippen LogP contribution in [0.2, 0.25) is 5.02 Å². The Kier molecular flexibility index (Phi) is 5.24. The summed E-state index contributed by atoms with van der Waals surface area (Å²) in [5, 5.41) is 3.80. The van der Waals surface area contributed by atoms with Gasteiger partial charge >= 0.3 is 0 Å².